The van der Waals surface area contributed by atoms with Crippen LogP contribution >= 0.6 is 0 Å². The van der Waals surface area contributed by atoms with Gasteiger partial charge in [-0.05, 0) is 30.0 Å². The predicted molar refractivity (Wildman–Crippen MR) is 43.3 cm³/mol. The quantitative estimate of drug-likeness (QED) is 0.612. The van der Waals surface area contributed by atoms with Gasteiger partial charge in [0.1, 0.15) is 12.1 Å². The van der Waals surface area contributed by atoms with Crippen LogP contribution in [0.1, 0.15) is 17.9 Å². The van der Waals surface area contributed by atoms with Crippen molar-refractivity contribution >= 4 is 6.29 Å². The Morgan fingerprint density at radius 1 is 1.50 bits per heavy atom. The van der Waals surface area contributed by atoms with E-state index in [-0.39, 0.29) is 17.7 Å². The van der Waals surface area contributed by atoms with Crippen LogP contribution in [0.15, 0.2) is 24.3 Å². The molecule has 0 spiro atoms. The van der Waals surface area contributed by atoms with Crippen molar-refractivity contribution in [2.45, 2.75) is 12.3 Å². The van der Waals surface area contributed by atoms with E-state index in [1.165, 1.54) is 12.1 Å². The highest BCUT2D eigenvalue weighted by molar-refractivity contribution is 5.61. The largest absolute Gasteiger partial charge is 0.303 e. The van der Waals surface area contributed by atoms with E-state index in [2.05, 4.69) is 0 Å². The van der Waals surface area contributed by atoms with Gasteiger partial charge < -0.3 is 4.79 Å². The summed E-state index contributed by atoms with van der Waals surface area (Å²) >= 11 is 0. The molecule has 12 heavy (non-hydrogen) atoms. The first-order chi connectivity index (χ1) is 5.81. The Morgan fingerprint density at radius 3 is 2.92 bits per heavy atom. The predicted octanol–water partition coefficient (Wildman–Crippen LogP) is 2.13. The normalized spacial score (nSPS) is 26.8. The molecule has 1 aromatic rings. The molecular weight excluding hydrogens is 155 g/mol. The van der Waals surface area contributed by atoms with Crippen LogP contribution in [-0.4, -0.2) is 6.29 Å². The molecule has 62 valence electrons. The summed E-state index contributed by atoms with van der Waals surface area (Å²) in [5.41, 5.74) is 0.951. The van der Waals surface area contributed by atoms with Gasteiger partial charge in [-0.15, -0.1) is 0 Å². The van der Waals surface area contributed by atoms with Gasteiger partial charge in [0.15, 0.2) is 0 Å². The molecule has 0 bridgehead atoms. The average molecular weight is 164 g/mol. The molecule has 0 N–H and O–H groups in total. The van der Waals surface area contributed by atoms with Gasteiger partial charge in [0.05, 0.1) is 0 Å². The molecule has 0 amide bonds. The van der Waals surface area contributed by atoms with E-state index in [1.807, 2.05) is 6.07 Å². The van der Waals surface area contributed by atoms with Crippen LogP contribution in [0.2, 0.25) is 0 Å². The van der Waals surface area contributed by atoms with Crippen molar-refractivity contribution in [3.8, 4) is 0 Å². The lowest BCUT2D eigenvalue weighted by Crippen LogP contribution is -1.85. The second-order valence-electron chi connectivity index (χ2n) is 3.20. The van der Waals surface area contributed by atoms with Gasteiger partial charge in [0.25, 0.3) is 0 Å². The first-order valence-electron chi connectivity index (χ1n) is 4.02. The molecule has 0 saturated heterocycles. The Balaban J connectivity index is 2.19. The third kappa shape index (κ3) is 1.24. The smallest absolute Gasteiger partial charge is 0.123 e. The van der Waals surface area contributed by atoms with E-state index in [0.717, 1.165) is 18.3 Å². The summed E-state index contributed by atoms with van der Waals surface area (Å²) in [6, 6.07) is 6.48. The van der Waals surface area contributed by atoms with E-state index < -0.39 is 0 Å². The van der Waals surface area contributed by atoms with E-state index >= 15 is 0 Å². The van der Waals surface area contributed by atoms with Crippen molar-refractivity contribution in [2.24, 2.45) is 5.92 Å². The lowest BCUT2D eigenvalue weighted by atomic mass is 10.1. The van der Waals surface area contributed by atoms with Crippen LogP contribution in [0, 0.1) is 11.7 Å². The zero-order valence-corrected chi connectivity index (χ0v) is 6.53. The fourth-order valence-corrected chi connectivity index (χ4v) is 1.49. The van der Waals surface area contributed by atoms with Gasteiger partial charge in [0.2, 0.25) is 0 Å². The maximum atomic E-state index is 12.7. The van der Waals surface area contributed by atoms with Gasteiger partial charge in [0, 0.05) is 5.92 Å². The van der Waals surface area contributed by atoms with Crippen molar-refractivity contribution < 1.29 is 9.18 Å². The minimum absolute atomic E-state index is 0.131. The molecule has 0 radical (unpaired) electrons. The highest BCUT2D eigenvalue weighted by Gasteiger charge is 2.37. The van der Waals surface area contributed by atoms with Crippen LogP contribution in [0.25, 0.3) is 0 Å². The molecule has 0 aliphatic heterocycles. The average Bonchev–Trinajstić information content (AvgIpc) is 2.83. The van der Waals surface area contributed by atoms with Crippen molar-refractivity contribution in [1.82, 2.24) is 0 Å². The van der Waals surface area contributed by atoms with Crippen molar-refractivity contribution in [2.75, 3.05) is 0 Å². The van der Waals surface area contributed by atoms with Crippen molar-refractivity contribution in [3.63, 3.8) is 0 Å². The lowest BCUT2D eigenvalue weighted by Gasteiger charge is -1.96. The molecule has 1 aromatic carbocycles. The molecular formula is C10H9FO. The Kier molecular flexibility index (Phi) is 1.68. The van der Waals surface area contributed by atoms with Crippen LogP contribution in [0.4, 0.5) is 4.39 Å². The zero-order valence-electron chi connectivity index (χ0n) is 6.53. The minimum Gasteiger partial charge on any atom is -0.303 e. The summed E-state index contributed by atoms with van der Waals surface area (Å²) in [4.78, 5) is 10.3. The number of hydrogen-bond donors (Lipinski definition) is 0. The summed E-state index contributed by atoms with van der Waals surface area (Å²) < 4.78 is 12.7. The number of benzene rings is 1. The molecule has 0 heterocycles. The Bertz CT molecular complexity index is 308. The van der Waals surface area contributed by atoms with Gasteiger partial charge in [-0.1, -0.05) is 12.1 Å². The molecule has 2 heteroatoms. The third-order valence-corrected chi connectivity index (χ3v) is 2.29. The van der Waals surface area contributed by atoms with Crippen LogP contribution in [0.3, 0.4) is 0 Å². The number of carbonyl (C=O) groups is 1. The summed E-state index contributed by atoms with van der Waals surface area (Å²) in [6.45, 7) is 0. The van der Waals surface area contributed by atoms with E-state index in [4.69, 9.17) is 0 Å². The van der Waals surface area contributed by atoms with Gasteiger partial charge in [-0.3, -0.25) is 0 Å². The fourth-order valence-electron chi connectivity index (χ4n) is 1.49. The molecule has 1 aliphatic carbocycles. The molecule has 1 aliphatic rings. The molecule has 2 rings (SSSR count). The monoisotopic (exact) mass is 164 g/mol. The second kappa shape index (κ2) is 2.70. The summed E-state index contributed by atoms with van der Waals surface area (Å²) in [6.07, 6.45) is 1.84. The highest BCUT2D eigenvalue weighted by Crippen LogP contribution is 2.45. The maximum absolute atomic E-state index is 12.7. The third-order valence-electron chi connectivity index (χ3n) is 2.29. The molecule has 0 aromatic heterocycles. The van der Waals surface area contributed by atoms with Gasteiger partial charge >= 0.3 is 0 Å². The molecule has 1 nitrogen and oxygen atoms in total. The van der Waals surface area contributed by atoms with Crippen LogP contribution in [-0.2, 0) is 4.79 Å². The zero-order chi connectivity index (χ0) is 8.55. The first-order valence-corrected chi connectivity index (χ1v) is 4.02. The highest BCUT2D eigenvalue weighted by atomic mass is 19.1. The number of halogens is 1. The second-order valence-corrected chi connectivity index (χ2v) is 3.20. The first kappa shape index (κ1) is 7.47. The van der Waals surface area contributed by atoms with Crippen LogP contribution in [0.5, 0.6) is 0 Å². The van der Waals surface area contributed by atoms with E-state index in [1.54, 1.807) is 6.07 Å². The maximum Gasteiger partial charge on any atom is 0.123 e. The molecule has 2 atom stereocenters. The van der Waals surface area contributed by atoms with E-state index in [9.17, 15) is 9.18 Å². The Labute approximate surface area is 70.2 Å². The lowest BCUT2D eigenvalue weighted by molar-refractivity contribution is -0.108. The SMILES string of the molecule is O=C[C@@H]1C[C@@H]1c1cccc(F)c1. The topological polar surface area (TPSA) is 17.1 Å². The fraction of sp³-hybridized carbons (Fsp3) is 0.300. The standard InChI is InChI=1S/C10H9FO/c11-9-3-1-2-7(4-9)10-5-8(10)6-12/h1-4,6,8,10H,5H2/t8-,10+/m0/s1. The minimum atomic E-state index is -0.218. The van der Waals surface area contributed by atoms with Gasteiger partial charge in [-0.2, -0.15) is 0 Å². The van der Waals surface area contributed by atoms with Gasteiger partial charge in [-0.25, -0.2) is 4.39 Å². The number of carbonyl (C=O) groups excluding carboxylic acids is 1. The van der Waals surface area contributed by atoms with E-state index in [0.29, 0.717) is 0 Å². The number of hydrogen-bond acceptors (Lipinski definition) is 1. The van der Waals surface area contributed by atoms with Crippen molar-refractivity contribution in [3.05, 3.63) is 35.6 Å². The van der Waals surface area contributed by atoms with Crippen molar-refractivity contribution in [1.29, 1.82) is 0 Å². The van der Waals surface area contributed by atoms with Crippen LogP contribution < -0.4 is 0 Å². The molecule has 1 fully saturated rings. The number of rotatable bonds is 2. The Hall–Kier alpha value is -1.18. The molecule has 1 saturated carbocycles. The summed E-state index contributed by atoms with van der Waals surface area (Å²) in [5, 5.41) is 0. The molecule has 0 unspecified atom stereocenters. The Morgan fingerprint density at radius 2 is 2.33 bits per heavy atom. The summed E-state index contributed by atoms with van der Waals surface area (Å²) in [5.74, 6) is 0.189. The summed E-state index contributed by atoms with van der Waals surface area (Å²) in [7, 11) is 0. The number of aldehydes is 1.